The van der Waals surface area contributed by atoms with Crippen LogP contribution in [0.25, 0.3) is 22.3 Å². The molecule has 0 bridgehead atoms. The summed E-state index contributed by atoms with van der Waals surface area (Å²) in [6.45, 7) is -9.64. The van der Waals surface area contributed by atoms with Crippen LogP contribution in [0.15, 0.2) is 27.2 Å². The van der Waals surface area contributed by atoms with E-state index < -0.39 is 80.7 Å². The van der Waals surface area contributed by atoms with E-state index in [1.165, 1.54) is 10.9 Å². The highest BCUT2D eigenvalue weighted by atomic mass is 32.7. The Bertz CT molecular complexity index is 2060. The lowest BCUT2D eigenvalue weighted by Gasteiger charge is -2.24. The summed E-state index contributed by atoms with van der Waals surface area (Å²) >= 11 is 8.62. The molecule has 0 saturated carbocycles. The Kier molecular flexibility index (Phi) is 9.10. The fraction of sp³-hybridized carbons (Fsp3) is 0.500. The van der Waals surface area contributed by atoms with Crippen molar-refractivity contribution in [3.63, 3.8) is 0 Å². The molecule has 2 fully saturated rings. The molecule has 2 saturated heterocycles. The van der Waals surface area contributed by atoms with Gasteiger partial charge in [-0.2, -0.15) is 9.97 Å². The molecule has 9 N–H and O–H groups in total. The van der Waals surface area contributed by atoms with E-state index in [2.05, 4.69) is 58.9 Å². The van der Waals surface area contributed by atoms with Crippen LogP contribution in [0.2, 0.25) is 0 Å². The summed E-state index contributed by atoms with van der Waals surface area (Å²) in [5.41, 5.74) is 9.83. The van der Waals surface area contributed by atoms with Gasteiger partial charge in [-0.25, -0.2) is 14.5 Å². The summed E-state index contributed by atoms with van der Waals surface area (Å²) in [7, 11) is 0. The number of thiol groups is 1. The minimum atomic E-state index is -4.40. The number of rotatable bonds is 11. The molecule has 0 radical (unpaired) electrons. The highest BCUT2D eigenvalue weighted by molar-refractivity contribution is 8.44. The van der Waals surface area contributed by atoms with Gasteiger partial charge in [0.1, 0.15) is 24.4 Å². The van der Waals surface area contributed by atoms with Gasteiger partial charge in [0.05, 0.1) is 32.0 Å². The molecule has 27 heteroatoms. The Morgan fingerprint density at radius 1 is 1.02 bits per heavy atom. The normalized spacial score (nSPS) is 28.9. The second-order valence-corrected chi connectivity index (χ2v) is 16.0. The number of imidazole rings is 2. The van der Waals surface area contributed by atoms with Crippen molar-refractivity contribution >= 4 is 71.7 Å². The second kappa shape index (κ2) is 12.7. The molecule has 2 unspecified atom stereocenters. The molecule has 6 heterocycles. The van der Waals surface area contributed by atoms with Crippen LogP contribution in [0, 0.1) is 4.91 Å². The van der Waals surface area contributed by atoms with Crippen molar-refractivity contribution in [2.45, 2.75) is 49.4 Å². The van der Waals surface area contributed by atoms with Crippen LogP contribution in [-0.4, -0.2) is 97.9 Å². The van der Waals surface area contributed by atoms with Crippen LogP contribution in [-0.2, 0) is 39.4 Å². The van der Waals surface area contributed by atoms with Crippen molar-refractivity contribution in [1.82, 2.24) is 39.0 Å². The van der Waals surface area contributed by atoms with Gasteiger partial charge in [0.15, 0.2) is 34.8 Å². The monoisotopic (exact) mass is 737 g/mol. The molecule has 4 aromatic heterocycles. The minimum Gasteiger partial charge on any atom is -0.388 e. The number of ether oxygens (including phenoxy) is 2. The number of nitrogen functional groups attached to an aromatic ring is 2. The fourth-order valence-corrected chi connectivity index (χ4v) is 7.20. The van der Waals surface area contributed by atoms with E-state index in [0.717, 1.165) is 10.9 Å². The average molecular weight is 738 g/mol. The third-order valence-corrected chi connectivity index (χ3v) is 9.94. The Labute approximate surface area is 270 Å². The molecule has 47 heavy (non-hydrogen) atoms. The van der Waals surface area contributed by atoms with Gasteiger partial charge >= 0.3 is 13.4 Å². The Morgan fingerprint density at radius 2 is 1.60 bits per heavy atom. The molecule has 0 aromatic carbocycles. The predicted molar refractivity (Wildman–Crippen MR) is 165 cm³/mol. The molecule has 254 valence electrons. The van der Waals surface area contributed by atoms with E-state index in [4.69, 9.17) is 34.5 Å². The van der Waals surface area contributed by atoms with Gasteiger partial charge < -0.3 is 40.6 Å². The van der Waals surface area contributed by atoms with Gasteiger partial charge in [-0.1, -0.05) is 12.2 Å². The average Bonchev–Trinajstić information content (AvgIpc) is 3.76. The van der Waals surface area contributed by atoms with Gasteiger partial charge in [-0.15, -0.1) is 4.91 Å². The number of hydrogen-bond acceptors (Lipinski definition) is 18. The third kappa shape index (κ3) is 6.75. The first-order valence-corrected chi connectivity index (χ1v) is 18.6. The number of aliphatic hydroxyl groups excluding tert-OH is 2. The van der Waals surface area contributed by atoms with Crippen molar-refractivity contribution < 1.29 is 42.7 Å². The van der Waals surface area contributed by atoms with Gasteiger partial charge in [0, 0.05) is 11.4 Å². The molecule has 9 atom stereocenters. The Balaban J connectivity index is 1.18. The van der Waals surface area contributed by atoms with Crippen LogP contribution in [0.3, 0.4) is 0 Å². The van der Waals surface area contributed by atoms with Crippen LogP contribution in [0.5, 0.6) is 0 Å². The number of nitroso groups, excluding NO2 is 1. The number of anilines is 2. The summed E-state index contributed by atoms with van der Waals surface area (Å²) in [4.78, 5) is 68.1. The number of fused-ring (bicyclic) bond motifs is 2. The molecular weight excluding hydrogens is 712 g/mol. The van der Waals surface area contributed by atoms with Crippen LogP contribution in [0.4, 0.5) is 11.9 Å². The number of aromatic nitrogens is 8. The summed E-state index contributed by atoms with van der Waals surface area (Å²) in [6.07, 6.45) is -6.78. The lowest BCUT2D eigenvalue weighted by molar-refractivity contribution is -0.0499. The number of nitrogens with zero attached hydrogens (tertiary/aromatic N) is 7. The number of aliphatic hydroxyl groups is 2. The van der Waals surface area contributed by atoms with E-state index in [1.54, 1.807) is 0 Å². The van der Waals surface area contributed by atoms with Crippen molar-refractivity contribution in [3.05, 3.63) is 38.3 Å². The molecule has 2 aliphatic heterocycles. The van der Waals surface area contributed by atoms with E-state index in [9.17, 15) is 34.2 Å². The number of nitrogens with one attached hydrogen (secondary N) is 2. The molecular formula is C20H25N11O12P2S2. The lowest BCUT2D eigenvalue weighted by Crippen LogP contribution is -2.35. The van der Waals surface area contributed by atoms with Gasteiger partial charge in [0.25, 0.3) is 11.1 Å². The second-order valence-electron chi connectivity index (χ2n) is 10.3. The molecule has 2 aliphatic rings. The quantitative estimate of drug-likeness (QED) is 0.0507. The molecule has 6 rings (SSSR count). The standard InChI is InChI=1S/C20H25N11O12P2S2/c21-19-25-13-9(15(34)27-19)23-4-30(13)17-7(32)1-6(41-17)2-40-45(38,47)43-12-8(3-39-44(37,46)29-36)42-18(11(12)33)31-5-24-10-14(31)26-20(22)28-16(10)35/h4-8,11-12,17-18,32-33H,1-3H2,(H,37,46)(H,38,47)(H3,21,25,27,34)(H3,22,26,28,35)/t6-,7+,8+,11+,12+,17+,18+,44?,45?/m0/s1. The van der Waals surface area contributed by atoms with Crippen LogP contribution >= 0.6 is 25.7 Å². The largest absolute Gasteiger partial charge is 0.388 e. The van der Waals surface area contributed by atoms with E-state index in [1.807, 2.05) is 0 Å². The minimum absolute atomic E-state index is 0.0206. The highest BCUT2D eigenvalue weighted by Gasteiger charge is 2.50. The number of nitrogens with two attached hydrogens (primary N) is 2. The molecule has 23 nitrogen and oxygen atoms in total. The maximum atomic E-state index is 13.4. The van der Waals surface area contributed by atoms with Crippen LogP contribution in [0.1, 0.15) is 18.9 Å². The Hall–Kier alpha value is -3.19. The lowest BCUT2D eigenvalue weighted by atomic mass is 10.1. The smallest absolute Gasteiger partial charge is 0.386 e. The SMILES string of the molecule is Nc1nc2c(ncn2[C@@H]2O[C@H](COP(O)(=S)N=O)[C@@H](OP(=O)(S)OC[C@@H]3C[C@@H](O)[C@H](n4cnc5c(=O)[nH]c(N)nc54)O3)[C@H]2O)c(=O)[nH]1. The van der Waals surface area contributed by atoms with Gasteiger partial charge in [0.2, 0.25) is 11.9 Å². The van der Waals surface area contributed by atoms with Crippen molar-refractivity contribution in [2.24, 2.45) is 4.95 Å². The van der Waals surface area contributed by atoms with Gasteiger partial charge in [-0.05, 0) is 11.8 Å². The Morgan fingerprint density at radius 3 is 2.17 bits per heavy atom. The zero-order chi connectivity index (χ0) is 33.8. The first kappa shape index (κ1) is 33.7. The molecule has 0 amide bonds. The summed E-state index contributed by atoms with van der Waals surface area (Å²) in [5.74, 6) is -0.432. The predicted octanol–water partition coefficient (Wildman–Crippen LogP) is -1.24. The first-order valence-electron chi connectivity index (χ1n) is 13.3. The zero-order valence-corrected chi connectivity index (χ0v) is 26.9. The fourth-order valence-electron chi connectivity index (χ4n) is 5.12. The molecule has 0 aliphatic carbocycles. The number of H-pyrrole nitrogens is 2. The molecule has 0 spiro atoms. The van der Waals surface area contributed by atoms with Crippen molar-refractivity contribution in [3.8, 4) is 0 Å². The maximum absolute atomic E-state index is 13.4. The summed E-state index contributed by atoms with van der Waals surface area (Å²) < 4.78 is 43.6. The van der Waals surface area contributed by atoms with Crippen molar-refractivity contribution in [2.75, 3.05) is 24.7 Å². The number of aromatic amines is 2. The van der Waals surface area contributed by atoms with E-state index in [0.29, 0.717) is 0 Å². The summed E-state index contributed by atoms with van der Waals surface area (Å²) in [6, 6.07) is 0. The number of hydrogen-bond donors (Lipinski definition) is 8. The third-order valence-electron chi connectivity index (χ3n) is 7.11. The molecule has 4 aromatic rings. The zero-order valence-electron chi connectivity index (χ0n) is 23.4. The summed E-state index contributed by atoms with van der Waals surface area (Å²) in [5, 5.41) is 21.9. The van der Waals surface area contributed by atoms with Crippen LogP contribution < -0.4 is 22.6 Å². The van der Waals surface area contributed by atoms with Crippen molar-refractivity contribution in [1.29, 1.82) is 0 Å². The van der Waals surface area contributed by atoms with E-state index >= 15 is 0 Å². The topological polar surface area (TPSA) is 333 Å². The maximum Gasteiger partial charge on any atom is 0.386 e. The highest BCUT2D eigenvalue weighted by Crippen LogP contribution is 2.57. The van der Waals surface area contributed by atoms with Gasteiger partial charge in [-0.3, -0.25) is 37.7 Å². The van der Waals surface area contributed by atoms with E-state index in [-0.39, 0.29) is 40.6 Å². The first-order chi connectivity index (χ1) is 22.2.